The van der Waals surface area contributed by atoms with E-state index >= 15 is 0 Å². The second kappa shape index (κ2) is 6.92. The van der Waals surface area contributed by atoms with Crippen LogP contribution >= 0.6 is 11.6 Å². The lowest BCUT2D eigenvalue weighted by atomic mass is 10.2. The summed E-state index contributed by atoms with van der Waals surface area (Å²) >= 11 is 6.17. The largest absolute Gasteiger partial charge is 0.370 e. The fourth-order valence-electron chi connectivity index (χ4n) is 2.69. The van der Waals surface area contributed by atoms with Crippen LogP contribution in [-0.2, 0) is 16.1 Å². The molecule has 1 aromatic heterocycles. The summed E-state index contributed by atoms with van der Waals surface area (Å²) < 4.78 is 1.62. The summed E-state index contributed by atoms with van der Waals surface area (Å²) in [6, 6.07) is 8.72. The van der Waals surface area contributed by atoms with Crippen molar-refractivity contribution in [3.8, 4) is 0 Å². The molecule has 0 aliphatic carbocycles. The summed E-state index contributed by atoms with van der Waals surface area (Å²) in [7, 11) is 0. The minimum Gasteiger partial charge on any atom is -0.370 e. The van der Waals surface area contributed by atoms with E-state index in [0.29, 0.717) is 30.4 Å². The molecule has 2 aromatic rings. The van der Waals surface area contributed by atoms with Crippen LogP contribution in [0.25, 0.3) is 0 Å². The molecule has 1 aliphatic rings. The highest BCUT2D eigenvalue weighted by Crippen LogP contribution is 2.29. The van der Waals surface area contributed by atoms with Crippen molar-refractivity contribution >= 4 is 34.9 Å². The number of nitrogens with two attached hydrogens (primary N) is 1. The van der Waals surface area contributed by atoms with E-state index in [4.69, 9.17) is 17.3 Å². The van der Waals surface area contributed by atoms with Crippen molar-refractivity contribution in [2.45, 2.75) is 25.4 Å². The molecule has 7 nitrogen and oxygen atoms in total. The number of halogens is 1. The van der Waals surface area contributed by atoms with Crippen LogP contribution in [0.15, 0.2) is 36.5 Å². The van der Waals surface area contributed by atoms with Crippen molar-refractivity contribution in [2.24, 2.45) is 5.73 Å². The average molecular weight is 348 g/mol. The van der Waals surface area contributed by atoms with E-state index in [1.165, 1.54) is 0 Å². The van der Waals surface area contributed by atoms with Gasteiger partial charge >= 0.3 is 0 Å². The van der Waals surface area contributed by atoms with Crippen molar-refractivity contribution in [3.05, 3.63) is 41.6 Å². The van der Waals surface area contributed by atoms with Gasteiger partial charge < -0.3 is 16.0 Å². The lowest BCUT2D eigenvalue weighted by molar-refractivity contribution is -0.118. The van der Waals surface area contributed by atoms with Crippen LogP contribution in [0.2, 0.25) is 5.02 Å². The molecule has 1 aliphatic heterocycles. The first kappa shape index (κ1) is 16.3. The average Bonchev–Trinajstić information content (AvgIpc) is 3.14. The van der Waals surface area contributed by atoms with Crippen molar-refractivity contribution in [1.29, 1.82) is 0 Å². The van der Waals surface area contributed by atoms with E-state index in [0.717, 1.165) is 5.69 Å². The number of aromatic nitrogens is 2. The zero-order valence-electron chi connectivity index (χ0n) is 13.0. The van der Waals surface area contributed by atoms with E-state index in [1.54, 1.807) is 27.9 Å². The molecule has 8 heteroatoms. The fourth-order valence-corrected chi connectivity index (χ4v) is 2.93. The number of aryl methyl sites for hydroxylation is 1. The fraction of sp³-hybridized carbons (Fsp3) is 0.312. The quantitative estimate of drug-likeness (QED) is 0.830. The number of hydrogen-bond donors (Lipinski definition) is 2. The molecule has 0 spiro atoms. The number of nitrogens with zero attached hydrogens (tertiary/aromatic N) is 3. The highest BCUT2D eigenvalue weighted by Gasteiger charge is 2.33. The van der Waals surface area contributed by atoms with Crippen molar-refractivity contribution in [1.82, 2.24) is 9.78 Å². The van der Waals surface area contributed by atoms with Crippen LogP contribution in [0.3, 0.4) is 0 Å². The van der Waals surface area contributed by atoms with E-state index in [1.807, 2.05) is 18.2 Å². The van der Waals surface area contributed by atoms with Crippen molar-refractivity contribution < 1.29 is 9.59 Å². The minimum absolute atomic E-state index is 0.0326. The van der Waals surface area contributed by atoms with Gasteiger partial charge in [-0.25, -0.2) is 0 Å². The Morgan fingerprint density at radius 1 is 1.38 bits per heavy atom. The zero-order valence-corrected chi connectivity index (χ0v) is 13.7. The maximum atomic E-state index is 12.6. The van der Waals surface area contributed by atoms with Crippen LogP contribution in [0.5, 0.6) is 0 Å². The molecule has 2 amide bonds. The number of benzene rings is 1. The molecule has 0 saturated carbocycles. The van der Waals surface area contributed by atoms with Gasteiger partial charge in [-0.3, -0.25) is 14.3 Å². The molecule has 1 atom stereocenters. The van der Waals surface area contributed by atoms with Crippen LogP contribution in [0.4, 0.5) is 11.5 Å². The van der Waals surface area contributed by atoms with Crippen LogP contribution < -0.4 is 16.0 Å². The topological polar surface area (TPSA) is 93.3 Å². The smallest absolute Gasteiger partial charge is 0.249 e. The van der Waals surface area contributed by atoms with Gasteiger partial charge in [-0.15, -0.1) is 0 Å². The molecular formula is C16H18ClN5O2. The molecule has 3 N–H and O–H groups in total. The maximum absolute atomic E-state index is 12.6. The third kappa shape index (κ3) is 3.51. The van der Waals surface area contributed by atoms with E-state index < -0.39 is 0 Å². The monoisotopic (exact) mass is 347 g/mol. The lowest BCUT2D eigenvalue weighted by Crippen LogP contribution is -2.33. The Hall–Kier alpha value is -2.54. The van der Waals surface area contributed by atoms with Gasteiger partial charge in [0.1, 0.15) is 11.9 Å². The number of carbonyl (C=O) groups excluding carboxylic acids is 2. The number of amides is 2. The SMILES string of the molecule is NC(=O)CCn1ccc(NC2CCN(c3ccccc3Cl)C2=O)n1. The Kier molecular flexibility index (Phi) is 4.71. The zero-order chi connectivity index (χ0) is 17.1. The molecular weight excluding hydrogens is 330 g/mol. The number of rotatable bonds is 6. The molecule has 1 aromatic carbocycles. The first-order valence-corrected chi connectivity index (χ1v) is 8.06. The van der Waals surface area contributed by atoms with Gasteiger partial charge in [-0.2, -0.15) is 5.10 Å². The molecule has 0 bridgehead atoms. The number of carbonyl (C=O) groups is 2. The Bertz CT molecular complexity index is 760. The standard InChI is InChI=1S/C16H18ClN5O2/c17-11-3-1-2-4-13(11)22-10-5-12(16(22)24)19-15-7-9-21(20-15)8-6-14(18)23/h1-4,7,9,12H,5-6,8,10H2,(H2,18,23)(H,19,20). The number of anilines is 2. The molecule has 24 heavy (non-hydrogen) atoms. The maximum Gasteiger partial charge on any atom is 0.249 e. The van der Waals surface area contributed by atoms with Crippen LogP contribution in [-0.4, -0.2) is 34.2 Å². The summed E-state index contributed by atoms with van der Waals surface area (Å²) in [4.78, 5) is 25.1. The number of nitrogens with one attached hydrogen (secondary N) is 1. The van der Waals surface area contributed by atoms with Gasteiger partial charge in [-0.05, 0) is 18.6 Å². The molecule has 126 valence electrons. The first-order chi connectivity index (χ1) is 11.5. The molecule has 1 fully saturated rings. The normalized spacial score (nSPS) is 17.3. The Labute approximate surface area is 144 Å². The second-order valence-electron chi connectivity index (χ2n) is 5.61. The third-order valence-electron chi connectivity index (χ3n) is 3.90. The Balaban J connectivity index is 1.64. The summed E-state index contributed by atoms with van der Waals surface area (Å²) in [6.07, 6.45) is 2.64. The molecule has 3 rings (SSSR count). The predicted octanol–water partition coefficient (Wildman–Crippen LogP) is 1.63. The molecule has 0 radical (unpaired) electrons. The first-order valence-electron chi connectivity index (χ1n) is 7.69. The van der Waals surface area contributed by atoms with Gasteiger partial charge in [0, 0.05) is 31.8 Å². The van der Waals surface area contributed by atoms with Gasteiger partial charge in [0.2, 0.25) is 11.8 Å². The van der Waals surface area contributed by atoms with E-state index in [9.17, 15) is 9.59 Å². The summed E-state index contributed by atoms with van der Waals surface area (Å²) in [5.74, 6) is 0.190. The minimum atomic E-state index is -0.374. The highest BCUT2D eigenvalue weighted by atomic mass is 35.5. The molecule has 2 heterocycles. The van der Waals surface area contributed by atoms with Crippen LogP contribution in [0.1, 0.15) is 12.8 Å². The predicted molar refractivity (Wildman–Crippen MR) is 91.9 cm³/mol. The summed E-state index contributed by atoms with van der Waals surface area (Å²) in [6.45, 7) is 1.02. The summed E-state index contributed by atoms with van der Waals surface area (Å²) in [5.41, 5.74) is 5.85. The second-order valence-corrected chi connectivity index (χ2v) is 6.01. The molecule has 1 saturated heterocycles. The van der Waals surface area contributed by atoms with Gasteiger partial charge in [0.05, 0.1) is 10.7 Å². The number of para-hydroxylation sites is 1. The Morgan fingerprint density at radius 2 is 2.17 bits per heavy atom. The third-order valence-corrected chi connectivity index (χ3v) is 4.22. The Morgan fingerprint density at radius 3 is 2.92 bits per heavy atom. The van der Waals surface area contributed by atoms with E-state index in [-0.39, 0.29) is 24.3 Å². The van der Waals surface area contributed by atoms with Gasteiger partial charge in [0.25, 0.3) is 0 Å². The highest BCUT2D eigenvalue weighted by molar-refractivity contribution is 6.34. The number of primary amides is 1. The summed E-state index contributed by atoms with van der Waals surface area (Å²) in [5, 5.41) is 7.99. The lowest BCUT2D eigenvalue weighted by Gasteiger charge is -2.18. The van der Waals surface area contributed by atoms with E-state index in [2.05, 4.69) is 10.4 Å². The van der Waals surface area contributed by atoms with Crippen molar-refractivity contribution in [3.63, 3.8) is 0 Å². The molecule has 1 unspecified atom stereocenters. The van der Waals surface area contributed by atoms with Gasteiger partial charge in [-0.1, -0.05) is 23.7 Å². The van der Waals surface area contributed by atoms with Crippen molar-refractivity contribution in [2.75, 3.05) is 16.8 Å². The van der Waals surface area contributed by atoms with Crippen LogP contribution in [0, 0.1) is 0 Å². The number of hydrogen-bond acceptors (Lipinski definition) is 4. The van der Waals surface area contributed by atoms with Gasteiger partial charge in [0.15, 0.2) is 0 Å².